The van der Waals surface area contributed by atoms with Crippen molar-refractivity contribution in [1.29, 1.82) is 0 Å². The number of carbonyl (C=O) groups excluding carboxylic acids is 2. The zero-order valence-electron chi connectivity index (χ0n) is 16.8. The van der Waals surface area contributed by atoms with Crippen LogP contribution >= 0.6 is 0 Å². The van der Waals surface area contributed by atoms with Crippen molar-refractivity contribution < 1.29 is 14.4 Å². The van der Waals surface area contributed by atoms with Gasteiger partial charge in [0.25, 0.3) is 5.91 Å². The number of primary amides is 1. The van der Waals surface area contributed by atoms with Gasteiger partial charge in [0.2, 0.25) is 12.0 Å². The third-order valence-electron chi connectivity index (χ3n) is 5.60. The summed E-state index contributed by atoms with van der Waals surface area (Å²) in [6.07, 6.45) is 1.68. The number of anilines is 1. The predicted molar refractivity (Wildman–Crippen MR) is 115 cm³/mol. The number of nitrogens with zero attached hydrogens (tertiary/aromatic N) is 2. The molecule has 7 nitrogen and oxygen atoms in total. The second kappa shape index (κ2) is 9.09. The van der Waals surface area contributed by atoms with Crippen LogP contribution in [0.25, 0.3) is 0 Å². The first-order chi connectivity index (χ1) is 14.6. The zero-order valence-corrected chi connectivity index (χ0v) is 16.8. The summed E-state index contributed by atoms with van der Waals surface area (Å²) in [6, 6.07) is 17.5. The van der Waals surface area contributed by atoms with Crippen molar-refractivity contribution >= 4 is 23.2 Å². The summed E-state index contributed by atoms with van der Waals surface area (Å²) in [5.74, 6) is -0.490. The van der Waals surface area contributed by atoms with Crippen LogP contribution in [0, 0.1) is 5.92 Å². The molecule has 2 heterocycles. The highest BCUT2D eigenvalue weighted by molar-refractivity contribution is 6.06. The number of nitrogens with one attached hydrogen (secondary N) is 1. The summed E-state index contributed by atoms with van der Waals surface area (Å²) in [6.45, 7) is 2.43. The first-order valence-electron chi connectivity index (χ1n) is 10.3. The maximum absolute atomic E-state index is 12.5. The Morgan fingerprint density at radius 2 is 1.90 bits per heavy atom. The molecule has 2 aliphatic heterocycles. The fourth-order valence-electron chi connectivity index (χ4n) is 3.92. The molecule has 0 bridgehead atoms. The minimum absolute atomic E-state index is 0.0632. The van der Waals surface area contributed by atoms with E-state index in [4.69, 9.17) is 10.6 Å². The summed E-state index contributed by atoms with van der Waals surface area (Å²) in [5, 5.41) is 6.96. The number of carbonyl (C=O) groups is 2. The SMILES string of the molecule is NC(=O)C1CCCN(Cc2ccc(NC(=O)C3CC(c4ccccc4)=NO3)cc2)C1. The lowest BCUT2D eigenvalue weighted by Gasteiger charge is -2.31. The Morgan fingerprint density at radius 3 is 2.63 bits per heavy atom. The second-order valence-electron chi connectivity index (χ2n) is 7.86. The second-order valence-corrected chi connectivity index (χ2v) is 7.86. The van der Waals surface area contributed by atoms with Crippen molar-refractivity contribution in [1.82, 2.24) is 4.90 Å². The van der Waals surface area contributed by atoms with Gasteiger partial charge in [-0.3, -0.25) is 14.5 Å². The predicted octanol–water partition coefficient (Wildman–Crippen LogP) is 2.52. The highest BCUT2D eigenvalue weighted by atomic mass is 16.6. The molecule has 2 aromatic carbocycles. The van der Waals surface area contributed by atoms with Crippen LogP contribution in [0.3, 0.4) is 0 Å². The molecule has 0 spiro atoms. The molecular weight excluding hydrogens is 380 g/mol. The third-order valence-corrected chi connectivity index (χ3v) is 5.60. The standard InChI is InChI=1S/C23H26N4O3/c24-22(28)18-7-4-12-27(15-18)14-16-8-10-19(11-9-16)25-23(29)21-13-20(26-30-21)17-5-2-1-3-6-17/h1-3,5-6,8-11,18,21H,4,7,12-15H2,(H2,24,28)(H,25,29). The van der Waals surface area contributed by atoms with Crippen LogP contribution in [0.4, 0.5) is 5.69 Å². The number of likely N-dealkylation sites (tertiary alicyclic amines) is 1. The van der Waals surface area contributed by atoms with Gasteiger partial charge in [-0.2, -0.15) is 0 Å². The van der Waals surface area contributed by atoms with E-state index in [1.807, 2.05) is 54.6 Å². The van der Waals surface area contributed by atoms with Crippen molar-refractivity contribution in [3.05, 3.63) is 65.7 Å². The fourth-order valence-corrected chi connectivity index (χ4v) is 3.92. The monoisotopic (exact) mass is 406 g/mol. The summed E-state index contributed by atoms with van der Waals surface area (Å²) >= 11 is 0. The Balaban J connectivity index is 1.29. The lowest BCUT2D eigenvalue weighted by molar-refractivity contribution is -0.126. The van der Waals surface area contributed by atoms with E-state index in [9.17, 15) is 9.59 Å². The van der Waals surface area contributed by atoms with Gasteiger partial charge < -0.3 is 15.9 Å². The van der Waals surface area contributed by atoms with E-state index in [1.165, 1.54) is 0 Å². The lowest BCUT2D eigenvalue weighted by atomic mass is 9.97. The molecule has 156 valence electrons. The summed E-state index contributed by atoms with van der Waals surface area (Å²) < 4.78 is 0. The molecule has 30 heavy (non-hydrogen) atoms. The number of hydrogen-bond donors (Lipinski definition) is 2. The van der Waals surface area contributed by atoms with Crippen molar-refractivity contribution in [2.24, 2.45) is 16.8 Å². The number of benzene rings is 2. The number of rotatable bonds is 6. The largest absolute Gasteiger partial charge is 0.382 e. The number of nitrogens with two attached hydrogens (primary N) is 1. The molecule has 0 radical (unpaired) electrons. The van der Waals surface area contributed by atoms with Crippen LogP contribution in [-0.2, 0) is 21.0 Å². The summed E-state index contributed by atoms with van der Waals surface area (Å²) in [4.78, 5) is 31.6. The molecular formula is C23H26N4O3. The third kappa shape index (κ3) is 4.86. The van der Waals surface area contributed by atoms with E-state index >= 15 is 0 Å². The van der Waals surface area contributed by atoms with Crippen molar-refractivity contribution in [3.8, 4) is 0 Å². The van der Waals surface area contributed by atoms with E-state index < -0.39 is 6.10 Å². The maximum atomic E-state index is 12.5. The number of amides is 2. The number of hydrogen-bond acceptors (Lipinski definition) is 5. The highest BCUT2D eigenvalue weighted by Crippen LogP contribution is 2.21. The molecule has 0 aromatic heterocycles. The minimum atomic E-state index is -0.626. The molecule has 1 fully saturated rings. The van der Waals surface area contributed by atoms with Crippen molar-refractivity contribution in [3.63, 3.8) is 0 Å². The van der Waals surface area contributed by atoms with Crippen LogP contribution in [0.5, 0.6) is 0 Å². The molecule has 2 amide bonds. The molecule has 7 heteroatoms. The van der Waals surface area contributed by atoms with Crippen LogP contribution in [0.1, 0.15) is 30.4 Å². The van der Waals surface area contributed by atoms with Gasteiger partial charge in [0, 0.05) is 25.2 Å². The van der Waals surface area contributed by atoms with Crippen LogP contribution in [0.15, 0.2) is 59.8 Å². The first-order valence-corrected chi connectivity index (χ1v) is 10.3. The zero-order chi connectivity index (χ0) is 20.9. The Morgan fingerprint density at radius 1 is 1.13 bits per heavy atom. The molecule has 0 saturated carbocycles. The van der Waals surface area contributed by atoms with Crippen LogP contribution in [-0.4, -0.2) is 41.6 Å². The van der Waals surface area contributed by atoms with Crippen LogP contribution < -0.4 is 11.1 Å². The van der Waals surface area contributed by atoms with Crippen molar-refractivity contribution in [2.75, 3.05) is 18.4 Å². The number of piperidine rings is 1. The van der Waals surface area contributed by atoms with E-state index in [2.05, 4.69) is 15.4 Å². The molecule has 2 aromatic rings. The van der Waals surface area contributed by atoms with E-state index in [1.54, 1.807) is 0 Å². The summed E-state index contributed by atoms with van der Waals surface area (Å²) in [5.41, 5.74) is 9.05. The molecule has 2 atom stereocenters. The molecule has 0 aliphatic carbocycles. The van der Waals surface area contributed by atoms with Gasteiger partial charge in [0.05, 0.1) is 11.6 Å². The molecule has 1 saturated heterocycles. The van der Waals surface area contributed by atoms with E-state index in [0.717, 1.165) is 42.8 Å². The van der Waals surface area contributed by atoms with Gasteiger partial charge in [-0.05, 0) is 42.6 Å². The Bertz CT molecular complexity index is 927. The molecule has 2 aliphatic rings. The average molecular weight is 406 g/mol. The van der Waals surface area contributed by atoms with E-state index in [-0.39, 0.29) is 17.7 Å². The Hall–Kier alpha value is -3.19. The van der Waals surface area contributed by atoms with Gasteiger partial charge in [-0.15, -0.1) is 0 Å². The van der Waals surface area contributed by atoms with Gasteiger partial charge in [-0.25, -0.2) is 0 Å². The van der Waals surface area contributed by atoms with Crippen LogP contribution in [0.2, 0.25) is 0 Å². The smallest absolute Gasteiger partial charge is 0.268 e. The molecule has 3 N–H and O–H groups in total. The quantitative estimate of drug-likeness (QED) is 0.770. The highest BCUT2D eigenvalue weighted by Gasteiger charge is 2.29. The average Bonchev–Trinajstić information content (AvgIpc) is 3.26. The Kier molecular flexibility index (Phi) is 6.09. The summed E-state index contributed by atoms with van der Waals surface area (Å²) in [7, 11) is 0. The van der Waals surface area contributed by atoms with Gasteiger partial charge >= 0.3 is 0 Å². The van der Waals surface area contributed by atoms with Gasteiger partial charge in [0.1, 0.15) is 0 Å². The number of oxime groups is 1. The van der Waals surface area contributed by atoms with E-state index in [0.29, 0.717) is 18.7 Å². The first kappa shape index (κ1) is 20.1. The molecule has 4 rings (SSSR count). The fraction of sp³-hybridized carbons (Fsp3) is 0.348. The lowest BCUT2D eigenvalue weighted by Crippen LogP contribution is -2.40. The topological polar surface area (TPSA) is 97.0 Å². The van der Waals surface area contributed by atoms with Gasteiger partial charge in [-0.1, -0.05) is 47.6 Å². The van der Waals surface area contributed by atoms with Crippen molar-refractivity contribution in [2.45, 2.75) is 31.9 Å². The maximum Gasteiger partial charge on any atom is 0.268 e. The normalized spacial score (nSPS) is 21.5. The van der Waals surface area contributed by atoms with Gasteiger partial charge in [0.15, 0.2) is 0 Å². The Labute approximate surface area is 175 Å². The molecule has 2 unspecified atom stereocenters. The minimum Gasteiger partial charge on any atom is -0.382 e.